The van der Waals surface area contributed by atoms with E-state index in [9.17, 15) is 13.8 Å². The summed E-state index contributed by atoms with van der Waals surface area (Å²) in [5.41, 5.74) is 1.93. The third kappa shape index (κ3) is 5.36. The van der Waals surface area contributed by atoms with Gasteiger partial charge in [0.25, 0.3) is 5.91 Å². The Balaban J connectivity index is 2.82. The van der Waals surface area contributed by atoms with E-state index in [1.165, 1.54) is 6.08 Å². The Morgan fingerprint density at radius 1 is 1.40 bits per heavy atom. The molecule has 0 aromatic heterocycles. The number of benzene rings is 1. The zero-order valence-corrected chi connectivity index (χ0v) is 12.2. The number of aryl methyl sites for hydroxylation is 1. The molecule has 1 aromatic rings. The van der Waals surface area contributed by atoms with E-state index in [1.807, 2.05) is 0 Å². The molecule has 0 spiro atoms. The number of hydrogen-bond acceptors (Lipinski definition) is 3. The van der Waals surface area contributed by atoms with E-state index < -0.39 is 16.8 Å². The molecule has 1 amide bonds. The van der Waals surface area contributed by atoms with Gasteiger partial charge in [0.05, 0.1) is 0 Å². The van der Waals surface area contributed by atoms with Crippen molar-refractivity contribution in [2.24, 2.45) is 0 Å². The third-order valence-electron chi connectivity index (χ3n) is 2.60. The van der Waals surface area contributed by atoms with Crippen molar-refractivity contribution in [3.63, 3.8) is 0 Å². The lowest BCUT2D eigenvalue weighted by molar-refractivity contribution is -0.131. The molecule has 1 atom stereocenters. The van der Waals surface area contributed by atoms with E-state index in [2.05, 4.69) is 5.32 Å². The predicted molar refractivity (Wildman–Crippen MR) is 79.1 cm³/mol. The number of carboxylic acids is 1. The van der Waals surface area contributed by atoms with Crippen molar-refractivity contribution in [2.75, 3.05) is 18.6 Å². The van der Waals surface area contributed by atoms with Crippen molar-refractivity contribution >= 4 is 28.8 Å². The van der Waals surface area contributed by atoms with E-state index in [-0.39, 0.29) is 5.91 Å². The number of carbonyl (C=O) groups is 2. The smallest absolute Gasteiger partial charge is 0.328 e. The normalized spacial score (nSPS) is 12.3. The first-order valence-corrected chi connectivity index (χ1v) is 7.72. The minimum Gasteiger partial charge on any atom is -0.478 e. The molecule has 0 heterocycles. The fourth-order valence-electron chi connectivity index (χ4n) is 1.56. The second kappa shape index (κ2) is 7.59. The zero-order chi connectivity index (χ0) is 15.1. The van der Waals surface area contributed by atoms with Gasteiger partial charge in [0, 0.05) is 41.0 Å². The summed E-state index contributed by atoms with van der Waals surface area (Å²) in [6.07, 6.45) is 4.03. The molecule has 0 radical (unpaired) electrons. The van der Waals surface area contributed by atoms with Crippen LogP contribution in [0.25, 0.3) is 6.08 Å². The van der Waals surface area contributed by atoms with Gasteiger partial charge in [-0.1, -0.05) is 12.1 Å². The van der Waals surface area contributed by atoms with E-state index in [1.54, 1.807) is 31.4 Å². The fourth-order valence-corrected chi connectivity index (χ4v) is 1.95. The Morgan fingerprint density at radius 3 is 2.70 bits per heavy atom. The first-order chi connectivity index (χ1) is 9.40. The fraction of sp³-hybridized carbons (Fsp3) is 0.286. The summed E-state index contributed by atoms with van der Waals surface area (Å²) in [6, 6.07) is 5.13. The van der Waals surface area contributed by atoms with Crippen LogP contribution in [0.4, 0.5) is 0 Å². The number of rotatable bonds is 6. The number of amides is 1. The van der Waals surface area contributed by atoms with Gasteiger partial charge in [0.15, 0.2) is 0 Å². The Bertz CT molecular complexity index is 566. The molecule has 0 saturated carbocycles. The van der Waals surface area contributed by atoms with E-state index in [4.69, 9.17) is 5.11 Å². The molecule has 0 fully saturated rings. The van der Waals surface area contributed by atoms with Crippen LogP contribution < -0.4 is 5.32 Å². The van der Waals surface area contributed by atoms with Gasteiger partial charge >= 0.3 is 5.97 Å². The maximum atomic E-state index is 12.0. The largest absolute Gasteiger partial charge is 0.478 e. The van der Waals surface area contributed by atoms with Gasteiger partial charge in [-0.15, -0.1) is 0 Å². The van der Waals surface area contributed by atoms with Crippen LogP contribution >= 0.6 is 0 Å². The molecular formula is C14H17NO4S. The van der Waals surface area contributed by atoms with Gasteiger partial charge in [0.1, 0.15) is 0 Å². The van der Waals surface area contributed by atoms with Crippen molar-refractivity contribution in [1.29, 1.82) is 0 Å². The monoisotopic (exact) mass is 295 g/mol. The highest BCUT2D eigenvalue weighted by Crippen LogP contribution is 2.12. The molecule has 5 nitrogen and oxygen atoms in total. The Morgan fingerprint density at radius 2 is 2.10 bits per heavy atom. The Kier molecular flexibility index (Phi) is 6.11. The molecule has 0 saturated heterocycles. The summed E-state index contributed by atoms with van der Waals surface area (Å²) in [7, 11) is -0.948. The van der Waals surface area contributed by atoms with Crippen molar-refractivity contribution < 1.29 is 18.9 Å². The van der Waals surface area contributed by atoms with Crippen molar-refractivity contribution in [3.8, 4) is 0 Å². The molecule has 0 aliphatic rings. The first-order valence-electron chi connectivity index (χ1n) is 6.00. The van der Waals surface area contributed by atoms with E-state index in [0.29, 0.717) is 23.4 Å². The van der Waals surface area contributed by atoms with Crippen LogP contribution in [0.1, 0.15) is 21.5 Å². The predicted octanol–water partition coefficient (Wildman–Crippen LogP) is 1.20. The highest BCUT2D eigenvalue weighted by Gasteiger charge is 2.09. The van der Waals surface area contributed by atoms with E-state index >= 15 is 0 Å². The second-order valence-electron chi connectivity index (χ2n) is 4.28. The Hall–Kier alpha value is -1.95. The lowest BCUT2D eigenvalue weighted by atomic mass is 10.0. The van der Waals surface area contributed by atoms with Gasteiger partial charge in [-0.25, -0.2) is 4.79 Å². The van der Waals surface area contributed by atoms with Crippen LogP contribution in [0, 0.1) is 6.92 Å². The van der Waals surface area contributed by atoms with E-state index in [0.717, 1.165) is 11.6 Å². The molecular weight excluding hydrogens is 278 g/mol. The van der Waals surface area contributed by atoms with Crippen molar-refractivity contribution in [2.45, 2.75) is 6.92 Å². The summed E-state index contributed by atoms with van der Waals surface area (Å²) in [5.74, 6) is -0.885. The summed E-state index contributed by atoms with van der Waals surface area (Å²) in [5, 5.41) is 11.3. The highest BCUT2D eigenvalue weighted by molar-refractivity contribution is 7.84. The number of carbonyl (C=O) groups excluding carboxylic acids is 1. The second-order valence-corrected chi connectivity index (χ2v) is 5.83. The molecule has 6 heteroatoms. The van der Waals surface area contributed by atoms with Crippen molar-refractivity contribution in [1.82, 2.24) is 5.32 Å². The molecule has 1 unspecified atom stereocenters. The minimum absolute atomic E-state index is 0.251. The maximum Gasteiger partial charge on any atom is 0.328 e. The van der Waals surface area contributed by atoms with Crippen LogP contribution in [0.15, 0.2) is 24.3 Å². The lowest BCUT2D eigenvalue weighted by Gasteiger charge is -2.08. The van der Waals surface area contributed by atoms with Crippen LogP contribution in [0.5, 0.6) is 0 Å². The summed E-state index contributed by atoms with van der Waals surface area (Å²) < 4.78 is 10.9. The molecule has 108 valence electrons. The van der Waals surface area contributed by atoms with Crippen LogP contribution in [0.3, 0.4) is 0 Å². The van der Waals surface area contributed by atoms with Crippen LogP contribution in [-0.4, -0.2) is 39.7 Å². The molecule has 0 aliphatic carbocycles. The minimum atomic E-state index is -1.04. The molecule has 0 bridgehead atoms. The van der Waals surface area contributed by atoms with Crippen LogP contribution in [0.2, 0.25) is 0 Å². The number of nitrogens with one attached hydrogen (secondary N) is 1. The standard InChI is InChI=1S/C14H17NO4S/c1-10-3-4-11(5-6-13(16)17)9-12(10)14(18)15-7-8-20(2)19/h3-6,9H,7-8H2,1-2H3,(H,15,18)(H,16,17)/b6-5+. The van der Waals surface area contributed by atoms with Gasteiger partial charge in [-0.3, -0.25) is 9.00 Å². The highest BCUT2D eigenvalue weighted by atomic mass is 32.2. The zero-order valence-electron chi connectivity index (χ0n) is 11.4. The molecule has 2 N–H and O–H groups in total. The molecule has 1 aromatic carbocycles. The molecule has 1 rings (SSSR count). The maximum absolute atomic E-state index is 12.0. The quantitative estimate of drug-likeness (QED) is 0.772. The van der Waals surface area contributed by atoms with Gasteiger partial charge < -0.3 is 10.4 Å². The molecule has 20 heavy (non-hydrogen) atoms. The third-order valence-corrected chi connectivity index (χ3v) is 3.38. The average molecular weight is 295 g/mol. The number of hydrogen-bond donors (Lipinski definition) is 2. The van der Waals surface area contributed by atoms with Gasteiger partial charge in [0.2, 0.25) is 0 Å². The lowest BCUT2D eigenvalue weighted by Crippen LogP contribution is -2.28. The van der Waals surface area contributed by atoms with Crippen LogP contribution in [-0.2, 0) is 15.6 Å². The SMILES string of the molecule is Cc1ccc(/C=C/C(=O)O)cc1C(=O)NCCS(C)=O. The summed E-state index contributed by atoms with van der Waals surface area (Å²) in [4.78, 5) is 22.5. The van der Waals surface area contributed by atoms with Crippen molar-refractivity contribution in [3.05, 3.63) is 41.0 Å². The summed E-state index contributed by atoms with van der Waals surface area (Å²) in [6.45, 7) is 2.15. The summed E-state index contributed by atoms with van der Waals surface area (Å²) >= 11 is 0. The number of carboxylic acid groups (broad SMARTS) is 1. The topological polar surface area (TPSA) is 83.5 Å². The molecule has 0 aliphatic heterocycles. The Labute approximate surface area is 120 Å². The van der Waals surface area contributed by atoms with Gasteiger partial charge in [-0.2, -0.15) is 0 Å². The first kappa shape index (κ1) is 16.1. The average Bonchev–Trinajstić information content (AvgIpc) is 2.37. The number of aliphatic carboxylic acids is 1. The van der Waals surface area contributed by atoms with Gasteiger partial charge in [-0.05, 0) is 30.2 Å².